The van der Waals surface area contributed by atoms with Crippen LogP contribution in [0.1, 0.15) is 39.1 Å². The van der Waals surface area contributed by atoms with Gasteiger partial charge in [0.2, 0.25) is 10.0 Å². The molecule has 2 amide bonds. The molecular weight excluding hydrogens is 478 g/mol. The fourth-order valence-electron chi connectivity index (χ4n) is 4.02. The highest BCUT2D eigenvalue weighted by molar-refractivity contribution is 7.92. The predicted octanol–water partition coefficient (Wildman–Crippen LogP) is 3.81. The van der Waals surface area contributed by atoms with Crippen molar-refractivity contribution in [2.75, 3.05) is 29.0 Å². The molecule has 4 rings (SSSR count). The number of nitrogens with zero attached hydrogens (tertiary/aromatic N) is 1. The number of anilines is 2. The minimum absolute atomic E-state index is 0.0163. The molecule has 0 radical (unpaired) electrons. The second kappa shape index (κ2) is 11.4. The van der Waals surface area contributed by atoms with Crippen LogP contribution in [0, 0.1) is 0 Å². The number of sulfonamides is 1. The van der Waals surface area contributed by atoms with Crippen molar-refractivity contribution >= 4 is 33.2 Å². The van der Waals surface area contributed by atoms with Crippen LogP contribution in [0.5, 0.6) is 0 Å². The number of ether oxygens (including phenoxy) is 1. The molecule has 36 heavy (non-hydrogen) atoms. The van der Waals surface area contributed by atoms with Gasteiger partial charge < -0.3 is 15.4 Å². The summed E-state index contributed by atoms with van der Waals surface area (Å²) < 4.78 is 31.7. The van der Waals surface area contributed by atoms with E-state index in [2.05, 4.69) is 10.6 Å². The van der Waals surface area contributed by atoms with Crippen LogP contribution in [0.3, 0.4) is 0 Å². The van der Waals surface area contributed by atoms with E-state index in [-0.39, 0.29) is 18.6 Å². The zero-order chi connectivity index (χ0) is 25.5. The predicted molar refractivity (Wildman–Crippen MR) is 140 cm³/mol. The SMILES string of the molecule is CS(=O)(=O)N(Cc1ccccc1)c1ccc(C(=O)Nc2ccccc2C(=O)NC[C@@H]2CCCO2)cc1. The van der Waals surface area contributed by atoms with E-state index in [1.165, 1.54) is 4.31 Å². The Kier molecular flexibility index (Phi) is 8.02. The van der Waals surface area contributed by atoms with Crippen LogP contribution >= 0.6 is 0 Å². The fourth-order valence-corrected chi connectivity index (χ4v) is 4.91. The quantitative estimate of drug-likeness (QED) is 0.458. The highest BCUT2D eigenvalue weighted by atomic mass is 32.2. The molecule has 1 saturated heterocycles. The monoisotopic (exact) mass is 507 g/mol. The topological polar surface area (TPSA) is 105 Å². The number of benzene rings is 3. The lowest BCUT2D eigenvalue weighted by molar-refractivity contribution is 0.0858. The van der Waals surface area contributed by atoms with Crippen LogP contribution in [0.15, 0.2) is 78.9 Å². The minimum Gasteiger partial charge on any atom is -0.376 e. The lowest BCUT2D eigenvalue weighted by Gasteiger charge is -2.22. The van der Waals surface area contributed by atoms with Crippen LogP contribution in [0.4, 0.5) is 11.4 Å². The smallest absolute Gasteiger partial charge is 0.255 e. The van der Waals surface area contributed by atoms with E-state index in [4.69, 9.17) is 4.74 Å². The maximum atomic E-state index is 12.9. The molecule has 8 nitrogen and oxygen atoms in total. The van der Waals surface area contributed by atoms with Gasteiger partial charge in [0.05, 0.1) is 35.8 Å². The third-order valence-corrected chi connectivity index (χ3v) is 7.06. The first kappa shape index (κ1) is 25.4. The minimum atomic E-state index is -3.55. The number of nitrogens with one attached hydrogen (secondary N) is 2. The number of para-hydroxylation sites is 1. The summed E-state index contributed by atoms with van der Waals surface area (Å²) >= 11 is 0. The Morgan fingerprint density at radius 3 is 2.31 bits per heavy atom. The van der Waals surface area contributed by atoms with Gasteiger partial charge in [0, 0.05) is 18.7 Å². The molecule has 0 aliphatic carbocycles. The molecule has 2 N–H and O–H groups in total. The summed E-state index contributed by atoms with van der Waals surface area (Å²) in [6, 6.07) is 22.4. The van der Waals surface area contributed by atoms with Crippen LogP contribution in [-0.2, 0) is 21.3 Å². The first-order chi connectivity index (χ1) is 17.3. The first-order valence-corrected chi connectivity index (χ1v) is 13.6. The van der Waals surface area contributed by atoms with Crippen molar-refractivity contribution in [1.29, 1.82) is 0 Å². The summed E-state index contributed by atoms with van der Waals surface area (Å²) in [5.74, 6) is -0.698. The zero-order valence-electron chi connectivity index (χ0n) is 20.0. The molecule has 3 aromatic carbocycles. The summed E-state index contributed by atoms with van der Waals surface area (Å²) in [7, 11) is -3.55. The Bertz CT molecular complexity index is 1300. The molecule has 0 aromatic heterocycles. The number of hydrogen-bond acceptors (Lipinski definition) is 5. The Labute approximate surface area is 211 Å². The second-order valence-electron chi connectivity index (χ2n) is 8.65. The molecule has 1 aliphatic heterocycles. The molecule has 1 heterocycles. The summed E-state index contributed by atoms with van der Waals surface area (Å²) in [6.45, 7) is 1.31. The molecule has 1 aliphatic rings. The average Bonchev–Trinajstić information content (AvgIpc) is 3.40. The summed E-state index contributed by atoms with van der Waals surface area (Å²) in [5, 5.41) is 5.66. The maximum Gasteiger partial charge on any atom is 0.255 e. The lowest BCUT2D eigenvalue weighted by Crippen LogP contribution is -2.32. The van der Waals surface area contributed by atoms with Gasteiger partial charge in [-0.2, -0.15) is 0 Å². The van der Waals surface area contributed by atoms with Crippen LogP contribution < -0.4 is 14.9 Å². The van der Waals surface area contributed by atoms with E-state index < -0.39 is 15.9 Å². The Hall–Kier alpha value is -3.69. The number of amides is 2. The van der Waals surface area contributed by atoms with Gasteiger partial charge in [0.25, 0.3) is 11.8 Å². The van der Waals surface area contributed by atoms with Crippen molar-refractivity contribution in [1.82, 2.24) is 5.32 Å². The Morgan fingerprint density at radius 1 is 0.944 bits per heavy atom. The van der Waals surface area contributed by atoms with E-state index in [0.29, 0.717) is 35.7 Å². The second-order valence-corrected chi connectivity index (χ2v) is 10.6. The van der Waals surface area contributed by atoms with Gasteiger partial charge in [-0.3, -0.25) is 13.9 Å². The molecule has 3 aromatic rings. The Balaban J connectivity index is 1.46. The van der Waals surface area contributed by atoms with Gasteiger partial charge in [0.15, 0.2) is 0 Å². The molecule has 1 fully saturated rings. The van der Waals surface area contributed by atoms with Gasteiger partial charge in [0.1, 0.15) is 0 Å². The number of carbonyl (C=O) groups excluding carboxylic acids is 2. The molecule has 0 bridgehead atoms. The van der Waals surface area contributed by atoms with Gasteiger partial charge in [-0.25, -0.2) is 8.42 Å². The van der Waals surface area contributed by atoms with Crippen LogP contribution in [-0.4, -0.2) is 45.7 Å². The van der Waals surface area contributed by atoms with E-state index in [1.807, 2.05) is 30.3 Å². The summed E-state index contributed by atoms with van der Waals surface area (Å²) in [6.07, 6.45) is 3.07. The third kappa shape index (κ3) is 6.50. The van der Waals surface area contributed by atoms with E-state index >= 15 is 0 Å². The summed E-state index contributed by atoms with van der Waals surface area (Å²) in [4.78, 5) is 25.7. The van der Waals surface area contributed by atoms with E-state index in [0.717, 1.165) is 24.7 Å². The van der Waals surface area contributed by atoms with Crippen LogP contribution in [0.25, 0.3) is 0 Å². The zero-order valence-corrected chi connectivity index (χ0v) is 20.8. The molecule has 0 saturated carbocycles. The van der Waals surface area contributed by atoms with Gasteiger partial charge in [-0.05, 0) is 54.8 Å². The van der Waals surface area contributed by atoms with Crippen molar-refractivity contribution in [3.63, 3.8) is 0 Å². The molecule has 1 atom stereocenters. The molecule has 9 heteroatoms. The largest absolute Gasteiger partial charge is 0.376 e. The van der Waals surface area contributed by atoms with Crippen molar-refractivity contribution in [3.05, 3.63) is 95.6 Å². The molecule has 188 valence electrons. The Morgan fingerprint density at radius 2 is 1.64 bits per heavy atom. The van der Waals surface area contributed by atoms with Crippen LogP contribution in [0.2, 0.25) is 0 Å². The standard InChI is InChI=1S/C27H29N3O5S/c1-36(33,34)30(19-20-8-3-2-4-9-20)22-15-13-21(14-16-22)26(31)29-25-12-6-5-11-24(25)27(32)28-18-23-10-7-17-35-23/h2-6,8-9,11-16,23H,7,10,17-19H2,1H3,(H,28,32)(H,29,31)/t23-/m0/s1. The van der Waals surface area contributed by atoms with Crippen molar-refractivity contribution in [3.8, 4) is 0 Å². The van der Waals surface area contributed by atoms with E-state index in [1.54, 1.807) is 48.5 Å². The average molecular weight is 508 g/mol. The highest BCUT2D eigenvalue weighted by Crippen LogP contribution is 2.22. The van der Waals surface area contributed by atoms with Gasteiger partial charge in [-0.1, -0.05) is 42.5 Å². The number of rotatable bonds is 9. The van der Waals surface area contributed by atoms with Crippen molar-refractivity contribution < 1.29 is 22.7 Å². The molecular formula is C27H29N3O5S. The van der Waals surface area contributed by atoms with Crippen molar-refractivity contribution in [2.45, 2.75) is 25.5 Å². The lowest BCUT2D eigenvalue weighted by atomic mass is 10.1. The van der Waals surface area contributed by atoms with Gasteiger partial charge in [-0.15, -0.1) is 0 Å². The third-order valence-electron chi connectivity index (χ3n) is 5.92. The van der Waals surface area contributed by atoms with Crippen molar-refractivity contribution in [2.24, 2.45) is 0 Å². The van der Waals surface area contributed by atoms with Gasteiger partial charge >= 0.3 is 0 Å². The fraction of sp³-hybridized carbons (Fsp3) is 0.259. The highest BCUT2D eigenvalue weighted by Gasteiger charge is 2.20. The first-order valence-electron chi connectivity index (χ1n) is 11.7. The normalized spacial score (nSPS) is 15.3. The maximum absolute atomic E-state index is 12.9. The van der Waals surface area contributed by atoms with E-state index in [9.17, 15) is 18.0 Å². The number of hydrogen-bond donors (Lipinski definition) is 2. The molecule has 0 unspecified atom stereocenters. The molecule has 0 spiro atoms. The summed E-state index contributed by atoms with van der Waals surface area (Å²) in [5.41, 5.74) is 2.37. The number of carbonyl (C=O) groups is 2.